The van der Waals surface area contributed by atoms with Gasteiger partial charge in [-0.05, 0) is 77.9 Å². The molecule has 0 spiro atoms. The van der Waals surface area contributed by atoms with Gasteiger partial charge < -0.3 is 10.1 Å². The first-order valence-electron chi connectivity index (χ1n) is 12.4. The normalized spacial score (nSPS) is 26.4. The SMILES string of the molecule is Cc1nccnc1C1CCC(N2N=CN3C2=CNC2=C(CCC(Cl)=C2)C3C(=O)OC(C)(C)C)CC1. The van der Waals surface area contributed by atoms with E-state index < -0.39 is 11.6 Å². The van der Waals surface area contributed by atoms with Crippen LogP contribution in [0.3, 0.4) is 0 Å². The molecule has 0 amide bonds. The predicted molar refractivity (Wildman–Crippen MR) is 135 cm³/mol. The number of nitrogens with one attached hydrogen (secondary N) is 1. The Bertz CT molecular complexity index is 1130. The number of ether oxygens (including phenoxy) is 1. The van der Waals surface area contributed by atoms with Crippen molar-refractivity contribution in [3.8, 4) is 0 Å². The van der Waals surface area contributed by atoms with Crippen LogP contribution in [-0.4, -0.2) is 49.9 Å². The van der Waals surface area contributed by atoms with Gasteiger partial charge in [-0.3, -0.25) is 14.9 Å². The molecule has 4 aliphatic rings. The van der Waals surface area contributed by atoms with Gasteiger partial charge in [0.25, 0.3) is 0 Å². The third-order valence-corrected chi connectivity index (χ3v) is 7.32. The van der Waals surface area contributed by atoms with E-state index >= 15 is 0 Å². The Kier molecular flexibility index (Phi) is 6.34. The van der Waals surface area contributed by atoms with Gasteiger partial charge in [0.2, 0.25) is 0 Å². The lowest BCUT2D eigenvalue weighted by Gasteiger charge is -2.36. The summed E-state index contributed by atoms with van der Waals surface area (Å²) in [5.41, 5.74) is 3.38. The smallest absolute Gasteiger partial charge is 0.334 e. The van der Waals surface area contributed by atoms with Crippen LogP contribution in [-0.2, 0) is 9.53 Å². The molecule has 0 saturated heterocycles. The average molecular weight is 497 g/mol. The van der Waals surface area contributed by atoms with Crippen LogP contribution in [0.1, 0.15) is 76.6 Å². The minimum absolute atomic E-state index is 0.242. The number of carbonyl (C=O) groups is 1. The second-order valence-corrected chi connectivity index (χ2v) is 11.1. The molecule has 1 aromatic rings. The Morgan fingerprint density at radius 1 is 1.14 bits per heavy atom. The Morgan fingerprint density at radius 3 is 2.60 bits per heavy atom. The molecule has 1 N–H and O–H groups in total. The van der Waals surface area contributed by atoms with Crippen LogP contribution in [0.5, 0.6) is 0 Å². The summed E-state index contributed by atoms with van der Waals surface area (Å²) in [4.78, 5) is 24.4. The van der Waals surface area contributed by atoms with Gasteiger partial charge >= 0.3 is 5.97 Å². The van der Waals surface area contributed by atoms with E-state index in [4.69, 9.17) is 21.4 Å². The molecule has 5 rings (SSSR count). The summed E-state index contributed by atoms with van der Waals surface area (Å²) in [6.07, 6.45) is 14.6. The number of hydrogen-bond acceptors (Lipinski definition) is 8. The number of fused-ring (bicyclic) bond motifs is 1. The molecule has 9 heteroatoms. The highest BCUT2D eigenvalue weighted by atomic mass is 35.5. The molecule has 35 heavy (non-hydrogen) atoms. The minimum atomic E-state index is -0.586. The topological polar surface area (TPSA) is 83.0 Å². The van der Waals surface area contributed by atoms with E-state index in [9.17, 15) is 4.79 Å². The lowest BCUT2D eigenvalue weighted by Crippen LogP contribution is -2.45. The Morgan fingerprint density at radius 2 is 1.89 bits per heavy atom. The van der Waals surface area contributed by atoms with Crippen molar-refractivity contribution in [1.29, 1.82) is 0 Å². The number of halogens is 1. The van der Waals surface area contributed by atoms with Crippen molar-refractivity contribution in [1.82, 2.24) is 25.2 Å². The van der Waals surface area contributed by atoms with Crippen LogP contribution in [0.2, 0.25) is 0 Å². The van der Waals surface area contributed by atoms with E-state index in [-0.39, 0.29) is 12.0 Å². The van der Waals surface area contributed by atoms with Crippen molar-refractivity contribution in [3.63, 3.8) is 0 Å². The van der Waals surface area contributed by atoms with Crippen molar-refractivity contribution < 1.29 is 9.53 Å². The van der Waals surface area contributed by atoms with E-state index in [1.807, 2.05) is 44.9 Å². The average Bonchev–Trinajstić information content (AvgIpc) is 3.14. The van der Waals surface area contributed by atoms with Crippen molar-refractivity contribution in [2.45, 2.75) is 89.8 Å². The maximum absolute atomic E-state index is 13.5. The number of allylic oxidation sites excluding steroid dienone is 2. The summed E-state index contributed by atoms with van der Waals surface area (Å²) in [5.74, 6) is 1.000. The highest BCUT2D eigenvalue weighted by Gasteiger charge is 2.43. The Labute approximate surface area is 211 Å². The summed E-state index contributed by atoms with van der Waals surface area (Å²) in [6.45, 7) is 7.72. The third kappa shape index (κ3) is 4.81. The number of nitrogens with zero attached hydrogens (tertiary/aromatic N) is 5. The fraction of sp³-hybridized carbons (Fsp3) is 0.538. The molecule has 2 aliphatic heterocycles. The molecule has 1 unspecified atom stereocenters. The number of rotatable bonds is 3. The first-order chi connectivity index (χ1) is 16.7. The molecule has 0 bridgehead atoms. The molecule has 3 heterocycles. The van der Waals surface area contributed by atoms with Crippen molar-refractivity contribution >= 4 is 23.9 Å². The van der Waals surface area contributed by atoms with E-state index in [1.54, 1.807) is 18.7 Å². The van der Waals surface area contributed by atoms with E-state index in [0.29, 0.717) is 18.8 Å². The first kappa shape index (κ1) is 23.9. The number of aryl methyl sites for hydroxylation is 1. The zero-order valence-corrected chi connectivity index (χ0v) is 21.5. The van der Waals surface area contributed by atoms with Crippen LogP contribution >= 0.6 is 11.6 Å². The van der Waals surface area contributed by atoms with Crippen LogP contribution < -0.4 is 5.32 Å². The molecule has 0 aromatic carbocycles. The van der Waals surface area contributed by atoms with Gasteiger partial charge in [-0.1, -0.05) is 11.6 Å². The molecule has 1 saturated carbocycles. The molecule has 1 atom stereocenters. The molecule has 2 aliphatic carbocycles. The quantitative estimate of drug-likeness (QED) is 0.609. The fourth-order valence-electron chi connectivity index (χ4n) is 5.43. The van der Waals surface area contributed by atoms with Crippen molar-refractivity contribution in [2.24, 2.45) is 5.10 Å². The molecule has 1 fully saturated rings. The summed E-state index contributed by atoms with van der Waals surface area (Å²) < 4.78 is 5.86. The highest BCUT2D eigenvalue weighted by molar-refractivity contribution is 6.29. The standard InChI is InChI=1S/C26H33ClN6O2/c1-16-23(29-12-11-28-16)17-5-8-19(9-6-17)33-22-14-30-21-13-18(27)7-10-20(21)24(32(22)15-31-33)25(34)35-26(2,3)4/h11-15,17,19,24,30H,5-10H2,1-4H3. The van der Waals surface area contributed by atoms with Crippen LogP contribution in [0, 0.1) is 6.92 Å². The first-order valence-corrected chi connectivity index (χ1v) is 12.8. The van der Waals surface area contributed by atoms with E-state index in [1.165, 1.54) is 0 Å². The Hall–Kier alpha value is -2.87. The molecule has 186 valence electrons. The number of aromatic nitrogens is 2. The molecule has 1 aromatic heterocycles. The number of esters is 1. The van der Waals surface area contributed by atoms with Gasteiger partial charge in [-0.2, -0.15) is 5.10 Å². The zero-order chi connectivity index (χ0) is 24.7. The van der Waals surface area contributed by atoms with E-state index in [2.05, 4.69) is 20.3 Å². The zero-order valence-electron chi connectivity index (χ0n) is 20.8. The van der Waals surface area contributed by atoms with Gasteiger partial charge in [0.05, 0.1) is 17.4 Å². The minimum Gasteiger partial charge on any atom is -0.458 e. The maximum atomic E-state index is 13.5. The highest BCUT2D eigenvalue weighted by Crippen LogP contribution is 2.40. The van der Waals surface area contributed by atoms with Gasteiger partial charge in [-0.25, -0.2) is 9.80 Å². The summed E-state index contributed by atoms with van der Waals surface area (Å²) in [5, 5.41) is 11.0. The monoisotopic (exact) mass is 496 g/mol. The molecule has 0 radical (unpaired) electrons. The van der Waals surface area contributed by atoms with Crippen LogP contribution in [0.15, 0.2) is 51.9 Å². The lowest BCUT2D eigenvalue weighted by molar-refractivity contribution is -0.158. The molecular formula is C26H33ClN6O2. The fourth-order valence-corrected chi connectivity index (χ4v) is 5.64. The van der Waals surface area contributed by atoms with Crippen molar-refractivity contribution in [3.05, 3.63) is 58.2 Å². The van der Waals surface area contributed by atoms with Gasteiger partial charge in [0.15, 0.2) is 6.04 Å². The largest absolute Gasteiger partial charge is 0.458 e. The number of hydrazone groups is 1. The molecule has 8 nitrogen and oxygen atoms in total. The van der Waals surface area contributed by atoms with Gasteiger partial charge in [-0.15, -0.1) is 0 Å². The number of carbonyl (C=O) groups excluding carboxylic acids is 1. The summed E-state index contributed by atoms with van der Waals surface area (Å²) in [7, 11) is 0. The second kappa shape index (κ2) is 9.30. The van der Waals surface area contributed by atoms with Crippen LogP contribution in [0.25, 0.3) is 0 Å². The second-order valence-electron chi connectivity index (χ2n) is 10.6. The van der Waals surface area contributed by atoms with Gasteiger partial charge in [0, 0.05) is 35.2 Å². The maximum Gasteiger partial charge on any atom is 0.334 e. The number of hydrogen-bond donors (Lipinski definition) is 1. The van der Waals surface area contributed by atoms with Crippen LogP contribution in [0.4, 0.5) is 0 Å². The molecular weight excluding hydrogens is 464 g/mol. The van der Waals surface area contributed by atoms with E-state index in [0.717, 1.165) is 59.2 Å². The summed E-state index contributed by atoms with van der Waals surface area (Å²) in [6, 6.07) is -0.343. The lowest BCUT2D eigenvalue weighted by atomic mass is 9.83. The summed E-state index contributed by atoms with van der Waals surface area (Å²) >= 11 is 6.36. The predicted octanol–water partition coefficient (Wildman–Crippen LogP) is 4.66. The van der Waals surface area contributed by atoms with Gasteiger partial charge in [0.1, 0.15) is 17.8 Å². The van der Waals surface area contributed by atoms with Crippen molar-refractivity contribution in [2.75, 3.05) is 0 Å². The third-order valence-electron chi connectivity index (χ3n) is 7.02. The Balaban J connectivity index is 1.38.